The van der Waals surface area contributed by atoms with Crippen LogP contribution >= 0.6 is 11.8 Å². The molecule has 2 atom stereocenters. The first-order valence-corrected chi connectivity index (χ1v) is 6.78. The summed E-state index contributed by atoms with van der Waals surface area (Å²) in [5.74, 6) is 0.846. The van der Waals surface area contributed by atoms with Crippen molar-refractivity contribution in [1.82, 2.24) is 5.32 Å². The van der Waals surface area contributed by atoms with Gasteiger partial charge in [0.1, 0.15) is 5.82 Å². The molecule has 1 aromatic rings. The molecule has 0 aliphatic carbocycles. The van der Waals surface area contributed by atoms with Crippen molar-refractivity contribution in [2.24, 2.45) is 5.92 Å². The third-order valence-electron chi connectivity index (χ3n) is 2.71. The van der Waals surface area contributed by atoms with Crippen molar-refractivity contribution >= 4 is 11.8 Å². The van der Waals surface area contributed by atoms with Gasteiger partial charge in [-0.15, -0.1) is 11.8 Å². The van der Waals surface area contributed by atoms with Gasteiger partial charge in [-0.1, -0.05) is 13.0 Å². The number of benzene rings is 1. The lowest BCUT2D eigenvalue weighted by Crippen LogP contribution is -2.15. The molecule has 17 heavy (non-hydrogen) atoms. The molecule has 0 heterocycles. The van der Waals surface area contributed by atoms with E-state index in [1.165, 1.54) is 6.07 Å². The number of rotatable bonds is 6. The van der Waals surface area contributed by atoms with E-state index in [2.05, 4.69) is 5.32 Å². The van der Waals surface area contributed by atoms with Crippen molar-refractivity contribution in [2.75, 3.05) is 19.4 Å². The summed E-state index contributed by atoms with van der Waals surface area (Å²) in [7, 11) is 1.82. The zero-order chi connectivity index (χ0) is 12.8. The summed E-state index contributed by atoms with van der Waals surface area (Å²) in [6, 6.07) is 5.14. The molecule has 1 aromatic carbocycles. The fourth-order valence-electron chi connectivity index (χ4n) is 1.49. The van der Waals surface area contributed by atoms with E-state index in [0.29, 0.717) is 5.56 Å². The van der Waals surface area contributed by atoms with Crippen LogP contribution in [0.4, 0.5) is 4.39 Å². The minimum Gasteiger partial charge on any atom is -0.396 e. The van der Waals surface area contributed by atoms with Gasteiger partial charge in [-0.25, -0.2) is 4.39 Å². The molecule has 0 bridgehead atoms. The highest BCUT2D eigenvalue weighted by atomic mass is 32.2. The molecule has 0 fully saturated rings. The minimum atomic E-state index is -0.173. The smallest absolute Gasteiger partial charge is 0.129 e. The van der Waals surface area contributed by atoms with E-state index in [1.54, 1.807) is 17.8 Å². The van der Waals surface area contributed by atoms with Crippen LogP contribution < -0.4 is 5.32 Å². The molecule has 0 spiro atoms. The second-order valence-electron chi connectivity index (χ2n) is 4.26. The molecule has 0 saturated carbocycles. The fourth-order valence-corrected chi connectivity index (χ4v) is 2.67. The Balaban J connectivity index is 2.87. The van der Waals surface area contributed by atoms with Gasteiger partial charge in [0.2, 0.25) is 0 Å². The van der Waals surface area contributed by atoms with Crippen molar-refractivity contribution in [2.45, 2.75) is 24.8 Å². The quantitative estimate of drug-likeness (QED) is 0.769. The molecule has 0 radical (unpaired) electrons. The topological polar surface area (TPSA) is 32.3 Å². The van der Waals surface area contributed by atoms with Crippen LogP contribution in [0.2, 0.25) is 0 Å². The molecule has 2 N–H and O–H groups in total. The molecule has 0 amide bonds. The van der Waals surface area contributed by atoms with E-state index in [1.807, 2.05) is 27.0 Å². The van der Waals surface area contributed by atoms with Gasteiger partial charge >= 0.3 is 0 Å². The van der Waals surface area contributed by atoms with Crippen LogP contribution in [0.5, 0.6) is 0 Å². The predicted molar refractivity (Wildman–Crippen MR) is 70.8 cm³/mol. The molecular weight excluding hydrogens is 237 g/mol. The third-order valence-corrected chi connectivity index (χ3v) is 4.12. The van der Waals surface area contributed by atoms with Crippen molar-refractivity contribution in [3.05, 3.63) is 29.6 Å². The molecule has 96 valence electrons. The number of hydrogen-bond acceptors (Lipinski definition) is 3. The normalized spacial score (nSPS) is 14.6. The number of halogens is 1. The van der Waals surface area contributed by atoms with E-state index < -0.39 is 0 Å². The zero-order valence-electron chi connectivity index (χ0n) is 10.5. The highest BCUT2D eigenvalue weighted by molar-refractivity contribution is 7.99. The van der Waals surface area contributed by atoms with Gasteiger partial charge in [0.15, 0.2) is 0 Å². The van der Waals surface area contributed by atoms with Crippen molar-refractivity contribution in [3.8, 4) is 0 Å². The Bertz CT molecular complexity index is 359. The van der Waals surface area contributed by atoms with Gasteiger partial charge in [-0.2, -0.15) is 0 Å². The van der Waals surface area contributed by atoms with E-state index in [9.17, 15) is 4.39 Å². The van der Waals surface area contributed by atoms with Crippen LogP contribution in [0.25, 0.3) is 0 Å². The first-order chi connectivity index (χ1) is 8.10. The fraction of sp³-hybridized carbons (Fsp3) is 0.538. The van der Waals surface area contributed by atoms with Crippen molar-refractivity contribution < 1.29 is 9.50 Å². The molecule has 1 rings (SSSR count). The SMILES string of the molecule is CNC(C)c1c(F)cccc1SCC(C)CO. The average molecular weight is 257 g/mol. The summed E-state index contributed by atoms with van der Waals surface area (Å²) in [4.78, 5) is 0.951. The first-order valence-electron chi connectivity index (χ1n) is 5.79. The average Bonchev–Trinajstić information content (AvgIpc) is 2.35. The van der Waals surface area contributed by atoms with Crippen molar-refractivity contribution in [3.63, 3.8) is 0 Å². The molecule has 0 saturated heterocycles. The maximum Gasteiger partial charge on any atom is 0.129 e. The van der Waals surface area contributed by atoms with Crippen LogP contribution in [0.1, 0.15) is 25.5 Å². The van der Waals surface area contributed by atoms with Gasteiger partial charge in [-0.05, 0) is 32.0 Å². The monoisotopic (exact) mass is 257 g/mol. The third kappa shape index (κ3) is 3.98. The summed E-state index contributed by atoms with van der Waals surface area (Å²) in [5, 5.41) is 12.1. The highest BCUT2D eigenvalue weighted by Gasteiger charge is 2.15. The van der Waals surface area contributed by atoms with Crippen LogP contribution in [0, 0.1) is 11.7 Å². The Kier molecular flexibility index (Phi) is 5.95. The van der Waals surface area contributed by atoms with Gasteiger partial charge in [0.05, 0.1) is 0 Å². The van der Waals surface area contributed by atoms with E-state index in [0.717, 1.165) is 10.6 Å². The van der Waals surface area contributed by atoms with E-state index in [-0.39, 0.29) is 24.4 Å². The molecule has 0 aliphatic heterocycles. The van der Waals surface area contributed by atoms with Crippen LogP contribution in [-0.2, 0) is 0 Å². The summed E-state index contributed by atoms with van der Waals surface area (Å²) in [5.41, 5.74) is 0.713. The molecule has 0 aromatic heterocycles. The van der Waals surface area contributed by atoms with Gasteiger partial charge < -0.3 is 10.4 Å². The van der Waals surface area contributed by atoms with Gasteiger partial charge in [0.25, 0.3) is 0 Å². The Morgan fingerprint density at radius 3 is 2.71 bits per heavy atom. The highest BCUT2D eigenvalue weighted by Crippen LogP contribution is 2.30. The Hall–Kier alpha value is -0.580. The lowest BCUT2D eigenvalue weighted by Gasteiger charge is -2.17. The van der Waals surface area contributed by atoms with E-state index >= 15 is 0 Å². The number of aliphatic hydroxyl groups excluding tert-OH is 1. The number of aliphatic hydroxyl groups is 1. The molecule has 2 unspecified atom stereocenters. The maximum absolute atomic E-state index is 13.8. The van der Waals surface area contributed by atoms with Crippen LogP contribution in [-0.4, -0.2) is 24.5 Å². The summed E-state index contributed by atoms with van der Waals surface area (Å²) in [6.07, 6.45) is 0. The van der Waals surface area contributed by atoms with Crippen LogP contribution in [0.3, 0.4) is 0 Å². The standard InChI is InChI=1S/C13H20FNOS/c1-9(7-16)8-17-12-6-4-5-11(14)13(12)10(2)15-3/h4-6,9-10,15-16H,7-8H2,1-3H3. The number of thioether (sulfide) groups is 1. The molecular formula is C13H20FNOS. The second-order valence-corrected chi connectivity index (χ2v) is 5.32. The zero-order valence-corrected chi connectivity index (χ0v) is 11.4. The summed E-state index contributed by atoms with van der Waals surface area (Å²) < 4.78 is 13.8. The largest absolute Gasteiger partial charge is 0.396 e. The number of nitrogens with one attached hydrogen (secondary N) is 1. The van der Waals surface area contributed by atoms with Crippen LogP contribution in [0.15, 0.2) is 23.1 Å². The lowest BCUT2D eigenvalue weighted by molar-refractivity contribution is 0.250. The second kappa shape index (κ2) is 6.99. The van der Waals surface area contributed by atoms with Crippen molar-refractivity contribution in [1.29, 1.82) is 0 Å². The van der Waals surface area contributed by atoms with Gasteiger partial charge in [0, 0.05) is 28.9 Å². The Labute approximate surface area is 107 Å². The van der Waals surface area contributed by atoms with Gasteiger partial charge in [-0.3, -0.25) is 0 Å². The molecule has 0 aliphatic rings. The van der Waals surface area contributed by atoms with E-state index in [4.69, 9.17) is 5.11 Å². The summed E-state index contributed by atoms with van der Waals surface area (Å²) in [6.45, 7) is 4.09. The minimum absolute atomic E-state index is 0.0110. The maximum atomic E-state index is 13.8. The Morgan fingerprint density at radius 1 is 1.41 bits per heavy atom. The lowest BCUT2D eigenvalue weighted by atomic mass is 10.1. The predicted octanol–water partition coefficient (Wildman–Crippen LogP) is 2.83. The number of hydrogen-bond donors (Lipinski definition) is 2. The molecule has 2 nitrogen and oxygen atoms in total. The molecule has 4 heteroatoms. The Morgan fingerprint density at radius 2 is 2.12 bits per heavy atom. The summed E-state index contributed by atoms with van der Waals surface area (Å²) >= 11 is 1.60. The first kappa shape index (κ1) is 14.5.